The normalized spacial score (nSPS) is 24.6. The molecule has 0 bridgehead atoms. The van der Waals surface area contributed by atoms with Gasteiger partial charge in [0.15, 0.2) is 24.5 Å². The Labute approximate surface area is 169 Å². The van der Waals surface area contributed by atoms with Crippen molar-refractivity contribution < 1.29 is 33.3 Å². The van der Waals surface area contributed by atoms with E-state index >= 15 is 0 Å². The monoisotopic (exact) mass is 453 g/mol. The maximum atomic E-state index is 11.8. The second kappa shape index (κ2) is 8.32. The maximum absolute atomic E-state index is 11.8. The van der Waals surface area contributed by atoms with Crippen LogP contribution < -0.4 is 0 Å². The van der Waals surface area contributed by atoms with Crippen LogP contribution in [0, 0.1) is 0 Å². The zero-order valence-electron chi connectivity index (χ0n) is 15.6. The molecule has 2 heterocycles. The third-order valence-corrected chi connectivity index (χ3v) is 5.00. The molecule has 0 saturated carbocycles. The minimum Gasteiger partial charge on any atom is -0.456 e. The Morgan fingerprint density at radius 3 is 2.29 bits per heavy atom. The fourth-order valence-corrected chi connectivity index (χ4v) is 3.82. The van der Waals surface area contributed by atoms with Crippen molar-refractivity contribution in [1.82, 2.24) is 4.57 Å². The molecule has 9 heteroatoms. The molecule has 1 aromatic heterocycles. The molecule has 28 heavy (non-hydrogen) atoms. The van der Waals surface area contributed by atoms with E-state index in [-0.39, 0.29) is 6.61 Å². The van der Waals surface area contributed by atoms with Gasteiger partial charge in [0, 0.05) is 36.8 Å². The summed E-state index contributed by atoms with van der Waals surface area (Å²) < 4.78 is 24.7. The summed E-state index contributed by atoms with van der Waals surface area (Å²) in [6.45, 7) is 3.71. The van der Waals surface area contributed by atoms with E-state index in [1.54, 1.807) is 10.8 Å². The van der Waals surface area contributed by atoms with E-state index in [0.717, 1.165) is 15.4 Å². The van der Waals surface area contributed by atoms with Crippen LogP contribution >= 0.6 is 15.9 Å². The van der Waals surface area contributed by atoms with Gasteiger partial charge >= 0.3 is 17.9 Å². The number of esters is 3. The molecule has 0 radical (unpaired) electrons. The molecule has 2 aromatic rings. The van der Waals surface area contributed by atoms with Gasteiger partial charge in [-0.15, -0.1) is 0 Å². The first kappa shape index (κ1) is 20.3. The maximum Gasteiger partial charge on any atom is 0.303 e. The lowest BCUT2D eigenvalue weighted by molar-refractivity contribution is -0.239. The molecule has 0 spiro atoms. The molecule has 0 N–H and O–H groups in total. The van der Waals surface area contributed by atoms with Gasteiger partial charge in [-0.2, -0.15) is 0 Å². The van der Waals surface area contributed by atoms with E-state index in [2.05, 4.69) is 15.9 Å². The molecular weight excluding hydrogens is 434 g/mol. The summed E-state index contributed by atoms with van der Waals surface area (Å²) in [7, 11) is 0. The first-order valence-corrected chi connectivity index (χ1v) is 9.45. The third-order valence-electron chi connectivity index (χ3n) is 4.31. The van der Waals surface area contributed by atoms with Crippen molar-refractivity contribution in [3.05, 3.63) is 34.9 Å². The number of ether oxygens (including phenoxy) is 4. The number of fused-ring (bicyclic) bond motifs is 1. The van der Waals surface area contributed by atoms with Crippen molar-refractivity contribution in [2.24, 2.45) is 0 Å². The Morgan fingerprint density at radius 2 is 1.64 bits per heavy atom. The van der Waals surface area contributed by atoms with Crippen LogP contribution in [0.4, 0.5) is 0 Å². The number of halogens is 1. The van der Waals surface area contributed by atoms with Crippen molar-refractivity contribution in [1.29, 1.82) is 0 Å². The van der Waals surface area contributed by atoms with Gasteiger partial charge in [-0.3, -0.25) is 14.4 Å². The average Bonchev–Trinajstić information content (AvgIpc) is 3.02. The van der Waals surface area contributed by atoms with Gasteiger partial charge < -0.3 is 23.5 Å². The summed E-state index contributed by atoms with van der Waals surface area (Å²) in [6, 6.07) is 7.58. The van der Waals surface area contributed by atoms with E-state index in [1.165, 1.54) is 20.8 Å². The lowest BCUT2D eigenvalue weighted by Gasteiger charge is -2.41. The standard InChI is InChI=1S/C19H20BrNO7/c1-10(22)26-16-9-25-19(18(28-12(3)24)17(16)27-11(2)23)21-8-7-13-14(20)5-4-6-15(13)21/h4-8,16-19H,9H2,1-3H3/t16-,17+,18-,19-/m1/s1. The van der Waals surface area contributed by atoms with Gasteiger partial charge in [0.05, 0.1) is 12.1 Å². The van der Waals surface area contributed by atoms with E-state index < -0.39 is 42.4 Å². The quantitative estimate of drug-likeness (QED) is 0.518. The van der Waals surface area contributed by atoms with Crippen LogP contribution in [0.2, 0.25) is 0 Å². The van der Waals surface area contributed by atoms with Crippen LogP contribution in [0.3, 0.4) is 0 Å². The van der Waals surface area contributed by atoms with E-state index in [9.17, 15) is 14.4 Å². The van der Waals surface area contributed by atoms with Crippen molar-refractivity contribution in [2.75, 3.05) is 6.61 Å². The summed E-state index contributed by atoms with van der Waals surface area (Å²) in [5.74, 6) is -1.71. The Hall–Kier alpha value is -2.39. The number of carbonyl (C=O) groups is 3. The largest absolute Gasteiger partial charge is 0.456 e. The van der Waals surface area contributed by atoms with Crippen LogP contribution in [-0.2, 0) is 33.3 Å². The van der Waals surface area contributed by atoms with Crippen molar-refractivity contribution >= 4 is 44.7 Å². The highest BCUT2D eigenvalue weighted by Crippen LogP contribution is 2.35. The molecule has 1 saturated heterocycles. The first-order chi connectivity index (χ1) is 13.3. The zero-order valence-corrected chi connectivity index (χ0v) is 17.2. The van der Waals surface area contributed by atoms with Gasteiger partial charge in [-0.1, -0.05) is 22.0 Å². The molecule has 1 fully saturated rings. The highest BCUT2D eigenvalue weighted by molar-refractivity contribution is 9.10. The Bertz CT molecular complexity index is 909. The predicted molar refractivity (Wildman–Crippen MR) is 101 cm³/mol. The van der Waals surface area contributed by atoms with Crippen LogP contribution in [0.5, 0.6) is 0 Å². The Morgan fingerprint density at radius 1 is 1.00 bits per heavy atom. The van der Waals surface area contributed by atoms with Crippen LogP contribution in [0.1, 0.15) is 27.0 Å². The molecule has 8 nitrogen and oxygen atoms in total. The highest BCUT2D eigenvalue weighted by atomic mass is 79.9. The van der Waals surface area contributed by atoms with Crippen molar-refractivity contribution in [3.8, 4) is 0 Å². The molecule has 1 aliphatic heterocycles. The van der Waals surface area contributed by atoms with Crippen molar-refractivity contribution in [2.45, 2.75) is 45.3 Å². The highest BCUT2D eigenvalue weighted by Gasteiger charge is 2.47. The Kier molecular flexibility index (Phi) is 6.04. The summed E-state index contributed by atoms with van der Waals surface area (Å²) in [5, 5.41) is 0.943. The molecule has 0 aliphatic carbocycles. The second-order valence-corrected chi connectivity index (χ2v) is 7.27. The predicted octanol–water partition coefficient (Wildman–Crippen LogP) is 2.73. The summed E-state index contributed by atoms with van der Waals surface area (Å²) in [4.78, 5) is 34.9. The van der Waals surface area contributed by atoms with Crippen LogP contribution in [0.25, 0.3) is 10.9 Å². The van der Waals surface area contributed by atoms with E-state index in [4.69, 9.17) is 18.9 Å². The molecule has 150 valence electrons. The van der Waals surface area contributed by atoms with Crippen LogP contribution in [0.15, 0.2) is 34.9 Å². The molecule has 3 rings (SSSR count). The second-order valence-electron chi connectivity index (χ2n) is 6.42. The molecule has 1 aliphatic rings. The van der Waals surface area contributed by atoms with Gasteiger partial charge in [-0.05, 0) is 18.2 Å². The average molecular weight is 454 g/mol. The van der Waals surface area contributed by atoms with Crippen molar-refractivity contribution in [3.63, 3.8) is 0 Å². The molecular formula is C19H20BrNO7. The minimum atomic E-state index is -1.01. The summed E-state index contributed by atoms with van der Waals surface area (Å²) in [6.07, 6.45) is -1.88. The molecule has 1 aromatic carbocycles. The smallest absolute Gasteiger partial charge is 0.303 e. The topological polar surface area (TPSA) is 93.1 Å². The number of rotatable bonds is 4. The number of carbonyl (C=O) groups excluding carboxylic acids is 3. The molecule has 4 atom stereocenters. The summed E-state index contributed by atoms with van der Waals surface area (Å²) >= 11 is 3.50. The summed E-state index contributed by atoms with van der Waals surface area (Å²) in [5.41, 5.74) is 0.837. The SMILES string of the molecule is CC(=O)O[C@@H]1[C@@H](OC(C)=O)[C@H](OC(C)=O)CO[C@H]1n1ccc2c(Br)cccc21. The lowest BCUT2D eigenvalue weighted by atomic mass is 10.0. The van der Waals surface area contributed by atoms with E-state index in [0.29, 0.717) is 0 Å². The minimum absolute atomic E-state index is 0.0202. The molecule has 0 unspecified atom stereocenters. The van der Waals surface area contributed by atoms with Gasteiger partial charge in [0.2, 0.25) is 0 Å². The number of aromatic nitrogens is 1. The fraction of sp³-hybridized carbons (Fsp3) is 0.421. The zero-order chi connectivity index (χ0) is 20.4. The van der Waals surface area contributed by atoms with Gasteiger partial charge in [0.1, 0.15) is 0 Å². The Balaban J connectivity index is 2.03. The van der Waals surface area contributed by atoms with Gasteiger partial charge in [0.25, 0.3) is 0 Å². The first-order valence-electron chi connectivity index (χ1n) is 8.66. The lowest BCUT2D eigenvalue weighted by Crippen LogP contribution is -2.55. The fourth-order valence-electron chi connectivity index (χ4n) is 3.33. The number of hydrogen-bond donors (Lipinski definition) is 0. The van der Waals surface area contributed by atoms with Crippen LogP contribution in [-0.4, -0.2) is 47.4 Å². The van der Waals surface area contributed by atoms with E-state index in [1.807, 2.05) is 24.3 Å². The number of nitrogens with zero attached hydrogens (tertiary/aromatic N) is 1. The number of benzene rings is 1. The third kappa shape index (κ3) is 4.20. The number of hydrogen-bond acceptors (Lipinski definition) is 7. The van der Waals surface area contributed by atoms with Gasteiger partial charge in [-0.25, -0.2) is 0 Å². The molecule has 0 amide bonds.